The van der Waals surface area contributed by atoms with Crippen LogP contribution in [-0.4, -0.2) is 11.8 Å². The standard InChI is InChI=1S/C14H12N2O2/c15-13(17)14(18)16-12-8-6-11(7-9-12)10-4-2-1-3-5-10/h1-9H,(H2,15,17)(H,16,18). The van der Waals surface area contributed by atoms with E-state index < -0.39 is 11.8 Å². The molecule has 0 fully saturated rings. The molecule has 0 aliphatic carbocycles. The summed E-state index contributed by atoms with van der Waals surface area (Å²) in [7, 11) is 0. The highest BCUT2D eigenvalue weighted by atomic mass is 16.2. The molecule has 0 unspecified atom stereocenters. The van der Waals surface area contributed by atoms with Crippen molar-refractivity contribution in [1.29, 1.82) is 0 Å². The second kappa shape index (κ2) is 5.14. The zero-order valence-electron chi connectivity index (χ0n) is 9.59. The van der Waals surface area contributed by atoms with Crippen molar-refractivity contribution in [2.45, 2.75) is 0 Å². The number of anilines is 1. The minimum atomic E-state index is -0.998. The molecule has 0 atom stereocenters. The van der Waals surface area contributed by atoms with E-state index in [1.807, 2.05) is 42.5 Å². The highest BCUT2D eigenvalue weighted by molar-refractivity contribution is 6.39. The highest BCUT2D eigenvalue weighted by Gasteiger charge is 2.08. The first kappa shape index (κ1) is 11.9. The molecule has 0 radical (unpaired) electrons. The minimum absolute atomic E-state index is 0.540. The molecule has 3 N–H and O–H groups in total. The van der Waals surface area contributed by atoms with Crippen molar-refractivity contribution in [3.05, 3.63) is 54.6 Å². The molecule has 2 amide bonds. The first-order valence-electron chi connectivity index (χ1n) is 5.43. The average molecular weight is 240 g/mol. The van der Waals surface area contributed by atoms with Gasteiger partial charge in [-0.2, -0.15) is 0 Å². The summed E-state index contributed by atoms with van der Waals surface area (Å²) >= 11 is 0. The molecule has 90 valence electrons. The van der Waals surface area contributed by atoms with E-state index in [-0.39, 0.29) is 0 Å². The molecule has 0 heterocycles. The van der Waals surface area contributed by atoms with E-state index in [4.69, 9.17) is 5.73 Å². The van der Waals surface area contributed by atoms with Gasteiger partial charge in [-0.05, 0) is 23.3 Å². The summed E-state index contributed by atoms with van der Waals surface area (Å²) in [5.74, 6) is -1.82. The van der Waals surface area contributed by atoms with Gasteiger partial charge in [-0.1, -0.05) is 42.5 Å². The van der Waals surface area contributed by atoms with Gasteiger partial charge in [0.05, 0.1) is 0 Å². The third-order valence-corrected chi connectivity index (χ3v) is 2.47. The van der Waals surface area contributed by atoms with Crippen LogP contribution in [0.25, 0.3) is 11.1 Å². The number of carbonyl (C=O) groups excluding carboxylic acids is 2. The number of amides is 2. The molecule has 2 aromatic rings. The van der Waals surface area contributed by atoms with Crippen molar-refractivity contribution in [2.75, 3.05) is 5.32 Å². The van der Waals surface area contributed by atoms with E-state index in [0.29, 0.717) is 5.69 Å². The molecule has 2 aromatic carbocycles. The largest absolute Gasteiger partial charge is 0.361 e. The Kier molecular flexibility index (Phi) is 3.38. The number of carbonyl (C=O) groups is 2. The molecule has 0 spiro atoms. The Balaban J connectivity index is 2.16. The Morgan fingerprint density at radius 3 is 1.94 bits per heavy atom. The number of benzene rings is 2. The first-order valence-corrected chi connectivity index (χ1v) is 5.43. The van der Waals surface area contributed by atoms with Crippen LogP contribution in [0.5, 0.6) is 0 Å². The molecule has 0 saturated carbocycles. The van der Waals surface area contributed by atoms with E-state index in [0.717, 1.165) is 11.1 Å². The van der Waals surface area contributed by atoms with Crippen LogP contribution >= 0.6 is 0 Å². The van der Waals surface area contributed by atoms with Gasteiger partial charge < -0.3 is 11.1 Å². The van der Waals surface area contributed by atoms with Gasteiger partial charge in [0.1, 0.15) is 0 Å². The van der Waals surface area contributed by atoms with Crippen LogP contribution in [0.4, 0.5) is 5.69 Å². The van der Waals surface area contributed by atoms with E-state index in [9.17, 15) is 9.59 Å². The Labute approximate surface area is 104 Å². The summed E-state index contributed by atoms with van der Waals surface area (Å²) in [5.41, 5.74) is 7.52. The predicted molar refractivity (Wildman–Crippen MR) is 69.7 cm³/mol. The normalized spacial score (nSPS) is 9.78. The third kappa shape index (κ3) is 2.74. The quantitative estimate of drug-likeness (QED) is 0.785. The maximum Gasteiger partial charge on any atom is 0.313 e. The Morgan fingerprint density at radius 1 is 0.833 bits per heavy atom. The predicted octanol–water partition coefficient (Wildman–Crippen LogP) is 1.78. The molecular weight excluding hydrogens is 228 g/mol. The summed E-state index contributed by atoms with van der Waals surface area (Å²) in [6.07, 6.45) is 0. The van der Waals surface area contributed by atoms with Crippen LogP contribution in [0, 0.1) is 0 Å². The number of nitrogens with one attached hydrogen (secondary N) is 1. The number of rotatable bonds is 2. The van der Waals surface area contributed by atoms with E-state index in [1.165, 1.54) is 0 Å². The Bertz CT molecular complexity index is 562. The lowest BCUT2D eigenvalue weighted by Gasteiger charge is -2.05. The van der Waals surface area contributed by atoms with Gasteiger partial charge in [-0.15, -0.1) is 0 Å². The number of hydrogen-bond donors (Lipinski definition) is 2. The van der Waals surface area contributed by atoms with Crippen LogP contribution in [0.3, 0.4) is 0 Å². The van der Waals surface area contributed by atoms with Gasteiger partial charge in [0, 0.05) is 5.69 Å². The first-order chi connectivity index (χ1) is 8.66. The fraction of sp³-hybridized carbons (Fsp3) is 0. The summed E-state index contributed by atoms with van der Waals surface area (Å²) < 4.78 is 0. The summed E-state index contributed by atoms with van der Waals surface area (Å²) in [5, 5.41) is 2.41. The molecule has 18 heavy (non-hydrogen) atoms. The maximum atomic E-state index is 11.1. The number of nitrogens with two attached hydrogens (primary N) is 1. The monoisotopic (exact) mass is 240 g/mol. The molecule has 0 aliphatic rings. The number of hydrogen-bond acceptors (Lipinski definition) is 2. The van der Waals surface area contributed by atoms with E-state index >= 15 is 0 Å². The fourth-order valence-electron chi connectivity index (χ4n) is 1.57. The summed E-state index contributed by atoms with van der Waals surface area (Å²) in [4.78, 5) is 21.7. The van der Waals surface area contributed by atoms with Crippen molar-refractivity contribution < 1.29 is 9.59 Å². The fourth-order valence-corrected chi connectivity index (χ4v) is 1.57. The second-order valence-electron chi connectivity index (χ2n) is 3.76. The Morgan fingerprint density at radius 2 is 1.39 bits per heavy atom. The SMILES string of the molecule is NC(=O)C(=O)Nc1ccc(-c2ccccc2)cc1. The van der Waals surface area contributed by atoms with Crippen LogP contribution in [0.1, 0.15) is 0 Å². The van der Waals surface area contributed by atoms with E-state index in [1.54, 1.807) is 12.1 Å². The lowest BCUT2D eigenvalue weighted by atomic mass is 10.1. The van der Waals surface area contributed by atoms with Crippen LogP contribution in [0.2, 0.25) is 0 Å². The zero-order valence-corrected chi connectivity index (χ0v) is 9.59. The smallest absolute Gasteiger partial charge is 0.313 e. The zero-order chi connectivity index (χ0) is 13.0. The molecule has 0 saturated heterocycles. The molecule has 0 aromatic heterocycles. The molecule has 2 rings (SSSR count). The Hall–Kier alpha value is -2.62. The van der Waals surface area contributed by atoms with Gasteiger partial charge in [0.2, 0.25) is 0 Å². The van der Waals surface area contributed by atoms with Crippen molar-refractivity contribution in [3.8, 4) is 11.1 Å². The maximum absolute atomic E-state index is 11.1. The molecule has 4 nitrogen and oxygen atoms in total. The minimum Gasteiger partial charge on any atom is -0.361 e. The van der Waals surface area contributed by atoms with Crippen LogP contribution in [-0.2, 0) is 9.59 Å². The van der Waals surface area contributed by atoms with Crippen molar-refractivity contribution in [2.24, 2.45) is 5.73 Å². The van der Waals surface area contributed by atoms with Crippen LogP contribution < -0.4 is 11.1 Å². The summed E-state index contributed by atoms with van der Waals surface area (Å²) in [6, 6.07) is 17.0. The molecule has 4 heteroatoms. The molecular formula is C14H12N2O2. The molecule has 0 bridgehead atoms. The average Bonchev–Trinajstić information content (AvgIpc) is 2.40. The van der Waals surface area contributed by atoms with Crippen LogP contribution in [0.15, 0.2) is 54.6 Å². The van der Waals surface area contributed by atoms with Crippen molar-refractivity contribution >= 4 is 17.5 Å². The highest BCUT2D eigenvalue weighted by Crippen LogP contribution is 2.20. The molecule has 0 aliphatic heterocycles. The third-order valence-electron chi connectivity index (χ3n) is 2.47. The van der Waals surface area contributed by atoms with Gasteiger partial charge in [-0.3, -0.25) is 9.59 Å². The van der Waals surface area contributed by atoms with Crippen molar-refractivity contribution in [3.63, 3.8) is 0 Å². The topological polar surface area (TPSA) is 72.2 Å². The van der Waals surface area contributed by atoms with Gasteiger partial charge >= 0.3 is 11.8 Å². The van der Waals surface area contributed by atoms with E-state index in [2.05, 4.69) is 5.32 Å². The lowest BCUT2D eigenvalue weighted by molar-refractivity contribution is -0.134. The summed E-state index contributed by atoms with van der Waals surface area (Å²) in [6.45, 7) is 0. The lowest BCUT2D eigenvalue weighted by Crippen LogP contribution is -2.29. The van der Waals surface area contributed by atoms with Crippen molar-refractivity contribution in [1.82, 2.24) is 0 Å². The van der Waals surface area contributed by atoms with Gasteiger partial charge in [-0.25, -0.2) is 0 Å². The number of primary amides is 1. The second-order valence-corrected chi connectivity index (χ2v) is 3.76. The van der Waals surface area contributed by atoms with Gasteiger partial charge in [0.15, 0.2) is 0 Å². The van der Waals surface area contributed by atoms with Gasteiger partial charge in [0.25, 0.3) is 0 Å².